The number of fused-ring (bicyclic) bond motifs is 4. The zero-order valence-electron chi connectivity index (χ0n) is 19.2. The summed E-state index contributed by atoms with van der Waals surface area (Å²) < 4.78 is 11.5. The fourth-order valence-corrected chi connectivity index (χ4v) is 6.29. The third-order valence-electron chi connectivity index (χ3n) is 7.82. The lowest BCUT2D eigenvalue weighted by Gasteiger charge is -2.35. The van der Waals surface area contributed by atoms with Gasteiger partial charge in [-0.25, -0.2) is 0 Å². The molecule has 0 bridgehead atoms. The largest absolute Gasteiger partial charge is 0.464 e. The lowest BCUT2D eigenvalue weighted by molar-refractivity contribution is -0.162. The van der Waals surface area contributed by atoms with Gasteiger partial charge in [0, 0.05) is 13.6 Å². The number of nitrogens with zero attached hydrogens (tertiary/aromatic N) is 2. The van der Waals surface area contributed by atoms with Crippen LogP contribution < -0.4 is 5.43 Å². The Labute approximate surface area is 201 Å². The average molecular weight is 472 g/mol. The van der Waals surface area contributed by atoms with Crippen molar-refractivity contribution in [3.63, 3.8) is 0 Å². The van der Waals surface area contributed by atoms with E-state index in [9.17, 15) is 19.2 Å². The minimum Gasteiger partial charge on any atom is -0.464 e. The summed E-state index contributed by atoms with van der Waals surface area (Å²) in [4.78, 5) is 56.9. The van der Waals surface area contributed by atoms with E-state index in [1.165, 1.54) is 13.3 Å². The molecule has 0 saturated carbocycles. The number of hydrogen-bond acceptors (Lipinski definition) is 7. The predicted molar refractivity (Wildman–Crippen MR) is 125 cm³/mol. The van der Waals surface area contributed by atoms with Crippen molar-refractivity contribution in [3.8, 4) is 0 Å². The second-order valence-electron chi connectivity index (χ2n) is 9.48. The molecule has 8 heteroatoms. The Bertz CT molecular complexity index is 1420. The molecule has 0 spiro atoms. The van der Waals surface area contributed by atoms with E-state index < -0.39 is 35.3 Å². The molecule has 0 radical (unpaired) electrons. The molecular weight excluding hydrogens is 448 g/mol. The summed E-state index contributed by atoms with van der Waals surface area (Å²) in [6.07, 6.45) is 2.40. The van der Waals surface area contributed by atoms with Crippen LogP contribution in [0.1, 0.15) is 30.0 Å². The van der Waals surface area contributed by atoms with Crippen LogP contribution in [0.3, 0.4) is 0 Å². The molecule has 2 amide bonds. The highest BCUT2D eigenvalue weighted by Gasteiger charge is 2.73. The lowest BCUT2D eigenvalue weighted by atomic mass is 9.77. The van der Waals surface area contributed by atoms with Gasteiger partial charge in [0.25, 0.3) is 0 Å². The van der Waals surface area contributed by atoms with Crippen molar-refractivity contribution < 1.29 is 23.5 Å². The number of esters is 1. The number of rotatable bonds is 4. The van der Waals surface area contributed by atoms with Crippen LogP contribution in [-0.4, -0.2) is 46.7 Å². The number of benzene rings is 2. The quantitative estimate of drug-likeness (QED) is 0.425. The van der Waals surface area contributed by atoms with E-state index in [1.807, 2.05) is 35.2 Å². The fraction of sp³-hybridized carbons (Fsp3) is 0.333. The van der Waals surface area contributed by atoms with Crippen molar-refractivity contribution in [2.45, 2.75) is 31.0 Å². The van der Waals surface area contributed by atoms with E-state index in [-0.39, 0.29) is 23.5 Å². The molecule has 35 heavy (non-hydrogen) atoms. The van der Waals surface area contributed by atoms with Crippen LogP contribution in [0, 0.1) is 11.8 Å². The lowest BCUT2D eigenvalue weighted by Crippen LogP contribution is -2.54. The van der Waals surface area contributed by atoms with E-state index >= 15 is 0 Å². The topological polar surface area (TPSA) is 97.1 Å². The highest BCUT2D eigenvalue weighted by atomic mass is 16.5. The SMILES string of the molecule is CN1C(=O)[C@H]2[C@@H](C1=O)[C@@]1(C(=O)OCc3ccccc3)CCCN1[C@H]2c1coc2ccccc2c1=O. The Morgan fingerprint density at radius 3 is 2.60 bits per heavy atom. The Morgan fingerprint density at radius 2 is 1.80 bits per heavy atom. The van der Waals surface area contributed by atoms with Gasteiger partial charge in [0.1, 0.15) is 17.7 Å². The van der Waals surface area contributed by atoms with Gasteiger partial charge in [-0.1, -0.05) is 42.5 Å². The van der Waals surface area contributed by atoms with Crippen LogP contribution in [0.5, 0.6) is 0 Å². The minimum absolute atomic E-state index is 0.0629. The number of carbonyl (C=O) groups excluding carboxylic acids is 3. The van der Waals surface area contributed by atoms with Crippen LogP contribution in [0.4, 0.5) is 0 Å². The van der Waals surface area contributed by atoms with Crippen LogP contribution in [0.2, 0.25) is 0 Å². The Hall–Kier alpha value is -3.78. The number of ether oxygens (including phenoxy) is 1. The summed E-state index contributed by atoms with van der Waals surface area (Å²) in [5.41, 5.74) is -0.00840. The average Bonchev–Trinajstić information content (AvgIpc) is 3.50. The third kappa shape index (κ3) is 2.96. The maximum Gasteiger partial charge on any atom is 0.327 e. The van der Waals surface area contributed by atoms with Gasteiger partial charge < -0.3 is 9.15 Å². The van der Waals surface area contributed by atoms with E-state index in [0.29, 0.717) is 30.4 Å². The monoisotopic (exact) mass is 472 g/mol. The number of carbonyl (C=O) groups is 3. The van der Waals surface area contributed by atoms with Crippen LogP contribution >= 0.6 is 0 Å². The van der Waals surface area contributed by atoms with Gasteiger partial charge in [0.15, 0.2) is 5.43 Å². The van der Waals surface area contributed by atoms with Gasteiger partial charge in [-0.2, -0.15) is 0 Å². The molecule has 1 aromatic heterocycles. The highest BCUT2D eigenvalue weighted by molar-refractivity contribution is 6.09. The third-order valence-corrected chi connectivity index (χ3v) is 7.82. The molecule has 3 aliphatic heterocycles. The first-order chi connectivity index (χ1) is 16.9. The first kappa shape index (κ1) is 21.7. The maximum atomic E-state index is 13.8. The van der Waals surface area contributed by atoms with Crippen molar-refractivity contribution in [2.75, 3.05) is 13.6 Å². The number of amides is 2. The molecule has 3 saturated heterocycles. The molecule has 3 fully saturated rings. The molecule has 0 aliphatic carbocycles. The van der Waals surface area contributed by atoms with Gasteiger partial charge >= 0.3 is 5.97 Å². The minimum atomic E-state index is -1.31. The summed E-state index contributed by atoms with van der Waals surface area (Å²) >= 11 is 0. The molecule has 178 valence electrons. The van der Waals surface area contributed by atoms with E-state index in [1.54, 1.807) is 24.3 Å². The number of para-hydroxylation sites is 1. The second kappa shape index (κ2) is 7.88. The zero-order chi connectivity index (χ0) is 24.3. The number of imide groups is 1. The van der Waals surface area contributed by atoms with E-state index in [0.717, 1.165) is 10.5 Å². The molecule has 8 nitrogen and oxygen atoms in total. The molecule has 4 heterocycles. The Balaban J connectivity index is 1.46. The van der Waals surface area contributed by atoms with Gasteiger partial charge in [-0.3, -0.25) is 29.0 Å². The number of likely N-dealkylation sites (tertiary alicyclic amines) is 1. The normalized spacial score (nSPS) is 27.9. The Kier molecular flexibility index (Phi) is 4.89. The summed E-state index contributed by atoms with van der Waals surface area (Å²) in [5.74, 6) is -3.10. The molecule has 4 atom stereocenters. The molecular formula is C27H24N2O6. The van der Waals surface area contributed by atoms with Crippen LogP contribution in [-0.2, 0) is 25.7 Å². The van der Waals surface area contributed by atoms with Gasteiger partial charge in [-0.15, -0.1) is 0 Å². The molecule has 6 rings (SSSR count). The van der Waals surface area contributed by atoms with Crippen molar-refractivity contribution in [1.29, 1.82) is 0 Å². The molecule has 2 aromatic carbocycles. The summed E-state index contributed by atoms with van der Waals surface area (Å²) in [5, 5.41) is 0.398. The van der Waals surface area contributed by atoms with Crippen LogP contribution in [0.15, 0.2) is 70.1 Å². The molecule has 0 N–H and O–H groups in total. The second-order valence-corrected chi connectivity index (χ2v) is 9.48. The predicted octanol–water partition coefficient (Wildman–Crippen LogP) is 2.66. The molecule has 3 aliphatic rings. The van der Waals surface area contributed by atoms with Gasteiger partial charge in [0.05, 0.1) is 35.1 Å². The van der Waals surface area contributed by atoms with E-state index in [2.05, 4.69) is 0 Å². The van der Waals surface area contributed by atoms with E-state index in [4.69, 9.17) is 9.15 Å². The van der Waals surface area contributed by atoms with Crippen molar-refractivity contribution in [1.82, 2.24) is 9.80 Å². The van der Waals surface area contributed by atoms with Gasteiger partial charge in [0.2, 0.25) is 11.8 Å². The molecule has 0 unspecified atom stereocenters. The Morgan fingerprint density at radius 1 is 1.06 bits per heavy atom. The fourth-order valence-electron chi connectivity index (χ4n) is 6.29. The first-order valence-electron chi connectivity index (χ1n) is 11.7. The smallest absolute Gasteiger partial charge is 0.327 e. The zero-order valence-corrected chi connectivity index (χ0v) is 19.2. The van der Waals surface area contributed by atoms with Gasteiger partial charge in [-0.05, 0) is 30.5 Å². The summed E-state index contributed by atoms with van der Waals surface area (Å²) in [6, 6.07) is 15.5. The highest BCUT2D eigenvalue weighted by Crippen LogP contribution is 2.58. The molecule has 3 aromatic rings. The van der Waals surface area contributed by atoms with Crippen molar-refractivity contribution in [2.24, 2.45) is 11.8 Å². The summed E-state index contributed by atoms with van der Waals surface area (Å²) in [7, 11) is 1.44. The maximum absolute atomic E-state index is 13.8. The van der Waals surface area contributed by atoms with Crippen LogP contribution in [0.25, 0.3) is 11.0 Å². The standard InChI is InChI=1S/C27H24N2O6/c1-28-24(31)20-21(25(28)32)27(26(33)35-14-16-8-3-2-4-9-16)12-7-13-29(27)22(20)18-15-34-19-11-6-5-10-17(19)23(18)30/h2-6,8-11,15,20-22H,7,12-14H2,1H3/t20-,21-,22-,27+/m0/s1. The number of hydrogen-bond donors (Lipinski definition) is 0. The summed E-state index contributed by atoms with van der Waals surface area (Å²) in [6.45, 7) is 0.530. The first-order valence-corrected chi connectivity index (χ1v) is 11.7. The van der Waals surface area contributed by atoms with Crippen molar-refractivity contribution in [3.05, 3.63) is 82.2 Å². The van der Waals surface area contributed by atoms with Crippen molar-refractivity contribution >= 4 is 28.8 Å².